The first-order valence-electron chi connectivity index (χ1n) is 4.45. The van der Waals surface area contributed by atoms with Crippen molar-refractivity contribution in [2.45, 2.75) is 39.5 Å². The Kier molecular flexibility index (Phi) is 2.86. The Hall–Kier alpha value is -0.590. The van der Waals surface area contributed by atoms with Gasteiger partial charge in [-0.1, -0.05) is 25.0 Å². The molecule has 0 heterocycles. The second kappa shape index (κ2) is 3.70. The third-order valence-electron chi connectivity index (χ3n) is 2.34. The molecule has 0 aromatic rings. The summed E-state index contributed by atoms with van der Waals surface area (Å²) in [4.78, 5) is 11.1. The van der Waals surface area contributed by atoms with Gasteiger partial charge in [-0.25, -0.2) is 0 Å². The van der Waals surface area contributed by atoms with Gasteiger partial charge < -0.3 is 0 Å². The lowest BCUT2D eigenvalue weighted by Crippen LogP contribution is -2.09. The fourth-order valence-electron chi connectivity index (χ4n) is 1.79. The van der Waals surface area contributed by atoms with Gasteiger partial charge in [0.1, 0.15) is 5.78 Å². The van der Waals surface area contributed by atoms with Gasteiger partial charge in [0.15, 0.2) is 0 Å². The van der Waals surface area contributed by atoms with E-state index in [0.717, 1.165) is 25.7 Å². The zero-order valence-corrected chi connectivity index (χ0v) is 7.39. The summed E-state index contributed by atoms with van der Waals surface area (Å²) in [6.07, 6.45) is 6.69. The van der Waals surface area contributed by atoms with Crippen molar-refractivity contribution in [2.75, 3.05) is 0 Å². The summed E-state index contributed by atoms with van der Waals surface area (Å²) >= 11 is 0. The number of rotatable bonds is 3. The summed E-state index contributed by atoms with van der Waals surface area (Å²) in [6.45, 7) is 3.87. The number of carbonyl (C=O) groups is 1. The molecule has 0 N–H and O–H groups in total. The van der Waals surface area contributed by atoms with Crippen LogP contribution in [0.25, 0.3) is 0 Å². The Balaban J connectivity index is 2.55. The third-order valence-corrected chi connectivity index (χ3v) is 2.34. The molecule has 1 nitrogen and oxygen atoms in total. The molecule has 1 aliphatic rings. The minimum atomic E-state index is 0.273. The van der Waals surface area contributed by atoms with E-state index in [-0.39, 0.29) is 5.92 Å². The van der Waals surface area contributed by atoms with Crippen molar-refractivity contribution in [2.24, 2.45) is 5.92 Å². The van der Waals surface area contributed by atoms with E-state index >= 15 is 0 Å². The SMILES string of the molecule is CCCC1=CCCC1C(C)=O. The highest BCUT2D eigenvalue weighted by atomic mass is 16.1. The van der Waals surface area contributed by atoms with E-state index < -0.39 is 0 Å². The van der Waals surface area contributed by atoms with Crippen LogP contribution in [0.1, 0.15) is 39.5 Å². The van der Waals surface area contributed by atoms with Gasteiger partial charge in [0, 0.05) is 5.92 Å². The fraction of sp³-hybridized carbons (Fsp3) is 0.700. The first-order valence-corrected chi connectivity index (χ1v) is 4.45. The Morgan fingerprint density at radius 2 is 2.45 bits per heavy atom. The lowest BCUT2D eigenvalue weighted by Gasteiger charge is -2.09. The largest absolute Gasteiger partial charge is 0.299 e. The molecule has 62 valence electrons. The first kappa shape index (κ1) is 8.51. The molecule has 1 aliphatic carbocycles. The van der Waals surface area contributed by atoms with Crippen molar-refractivity contribution in [3.8, 4) is 0 Å². The molecule has 0 fully saturated rings. The van der Waals surface area contributed by atoms with E-state index in [4.69, 9.17) is 0 Å². The van der Waals surface area contributed by atoms with E-state index in [2.05, 4.69) is 13.0 Å². The molecule has 0 radical (unpaired) electrons. The smallest absolute Gasteiger partial charge is 0.136 e. The lowest BCUT2D eigenvalue weighted by atomic mass is 9.94. The third kappa shape index (κ3) is 1.92. The molecule has 0 aromatic carbocycles. The molecular weight excluding hydrogens is 136 g/mol. The van der Waals surface area contributed by atoms with Gasteiger partial charge in [-0.15, -0.1) is 0 Å². The summed E-state index contributed by atoms with van der Waals surface area (Å²) in [5.41, 5.74) is 1.39. The normalized spacial score (nSPS) is 23.5. The van der Waals surface area contributed by atoms with Crippen LogP contribution in [0.2, 0.25) is 0 Å². The van der Waals surface area contributed by atoms with Crippen LogP contribution in [0.3, 0.4) is 0 Å². The van der Waals surface area contributed by atoms with Crippen LogP contribution in [-0.4, -0.2) is 5.78 Å². The van der Waals surface area contributed by atoms with Gasteiger partial charge in [-0.05, 0) is 26.2 Å². The van der Waals surface area contributed by atoms with Gasteiger partial charge in [-0.2, -0.15) is 0 Å². The van der Waals surface area contributed by atoms with Crippen LogP contribution in [0.5, 0.6) is 0 Å². The monoisotopic (exact) mass is 152 g/mol. The molecule has 1 heteroatoms. The van der Waals surface area contributed by atoms with Crippen molar-refractivity contribution in [1.82, 2.24) is 0 Å². The Morgan fingerprint density at radius 3 is 3.00 bits per heavy atom. The molecule has 0 bridgehead atoms. The fourth-order valence-corrected chi connectivity index (χ4v) is 1.79. The average molecular weight is 152 g/mol. The molecule has 1 unspecified atom stereocenters. The van der Waals surface area contributed by atoms with E-state index in [1.165, 1.54) is 5.57 Å². The first-order chi connectivity index (χ1) is 5.25. The summed E-state index contributed by atoms with van der Waals surface area (Å²) in [5.74, 6) is 0.622. The molecule has 0 aliphatic heterocycles. The van der Waals surface area contributed by atoms with Gasteiger partial charge in [0.2, 0.25) is 0 Å². The quantitative estimate of drug-likeness (QED) is 0.568. The molecule has 0 saturated heterocycles. The molecule has 1 atom stereocenters. The maximum Gasteiger partial charge on any atom is 0.136 e. The van der Waals surface area contributed by atoms with Crippen molar-refractivity contribution in [3.63, 3.8) is 0 Å². The average Bonchev–Trinajstić information content (AvgIpc) is 2.36. The van der Waals surface area contributed by atoms with Crippen molar-refractivity contribution >= 4 is 5.78 Å². The molecular formula is C10H16O. The number of carbonyl (C=O) groups excluding carboxylic acids is 1. The van der Waals surface area contributed by atoms with E-state index in [9.17, 15) is 4.79 Å². The highest BCUT2D eigenvalue weighted by molar-refractivity contribution is 5.81. The second-order valence-electron chi connectivity index (χ2n) is 3.27. The van der Waals surface area contributed by atoms with Gasteiger partial charge in [0.25, 0.3) is 0 Å². The number of ketones is 1. The predicted molar refractivity (Wildman–Crippen MR) is 46.4 cm³/mol. The predicted octanol–water partition coefficient (Wildman–Crippen LogP) is 2.71. The van der Waals surface area contributed by atoms with Crippen LogP contribution in [0, 0.1) is 5.92 Å². The Morgan fingerprint density at radius 1 is 1.73 bits per heavy atom. The highest BCUT2D eigenvalue weighted by Crippen LogP contribution is 2.29. The van der Waals surface area contributed by atoms with Gasteiger partial charge >= 0.3 is 0 Å². The maximum atomic E-state index is 11.1. The molecule has 0 saturated carbocycles. The van der Waals surface area contributed by atoms with Gasteiger partial charge in [0.05, 0.1) is 0 Å². The molecule has 1 rings (SSSR count). The number of allylic oxidation sites excluding steroid dienone is 2. The maximum absolute atomic E-state index is 11.1. The molecule has 0 spiro atoms. The molecule has 0 amide bonds. The number of hydrogen-bond acceptors (Lipinski definition) is 1. The van der Waals surface area contributed by atoms with E-state index in [1.807, 2.05) is 0 Å². The zero-order chi connectivity index (χ0) is 8.27. The van der Waals surface area contributed by atoms with Crippen LogP contribution >= 0.6 is 0 Å². The summed E-state index contributed by atoms with van der Waals surface area (Å²) < 4.78 is 0. The standard InChI is InChI=1S/C10H16O/c1-3-5-9-6-4-7-10(9)8(2)11/h6,10H,3-5,7H2,1-2H3. The zero-order valence-electron chi connectivity index (χ0n) is 7.39. The molecule has 0 aromatic heterocycles. The summed E-state index contributed by atoms with van der Waals surface area (Å²) in [7, 11) is 0. The van der Waals surface area contributed by atoms with Gasteiger partial charge in [-0.3, -0.25) is 4.79 Å². The van der Waals surface area contributed by atoms with Crippen molar-refractivity contribution in [1.29, 1.82) is 0 Å². The summed E-state index contributed by atoms with van der Waals surface area (Å²) in [5, 5.41) is 0. The minimum Gasteiger partial charge on any atom is -0.299 e. The Bertz CT molecular complexity index is 179. The summed E-state index contributed by atoms with van der Waals surface area (Å²) in [6, 6.07) is 0. The number of Topliss-reactive ketones (excluding diaryl/α,β-unsaturated/α-hetero) is 1. The Labute approximate surface area is 68.5 Å². The van der Waals surface area contributed by atoms with Crippen molar-refractivity contribution in [3.05, 3.63) is 11.6 Å². The van der Waals surface area contributed by atoms with Crippen LogP contribution < -0.4 is 0 Å². The van der Waals surface area contributed by atoms with Crippen LogP contribution in [0.4, 0.5) is 0 Å². The second-order valence-corrected chi connectivity index (χ2v) is 3.27. The lowest BCUT2D eigenvalue weighted by molar-refractivity contribution is -0.119. The number of hydrogen-bond donors (Lipinski definition) is 0. The topological polar surface area (TPSA) is 17.1 Å². The minimum absolute atomic E-state index is 0.273. The van der Waals surface area contributed by atoms with E-state index in [1.54, 1.807) is 6.92 Å². The molecule has 11 heavy (non-hydrogen) atoms. The van der Waals surface area contributed by atoms with Crippen molar-refractivity contribution < 1.29 is 4.79 Å². The van der Waals surface area contributed by atoms with Crippen LogP contribution in [-0.2, 0) is 4.79 Å². The van der Waals surface area contributed by atoms with E-state index in [0.29, 0.717) is 5.78 Å². The highest BCUT2D eigenvalue weighted by Gasteiger charge is 2.21. The van der Waals surface area contributed by atoms with Crippen LogP contribution in [0.15, 0.2) is 11.6 Å².